The predicted octanol–water partition coefficient (Wildman–Crippen LogP) is 2.56. The molecule has 0 aromatic heterocycles. The Morgan fingerprint density at radius 2 is 1.91 bits per heavy atom. The van der Waals surface area contributed by atoms with E-state index in [9.17, 15) is 4.79 Å². The highest BCUT2D eigenvalue weighted by molar-refractivity contribution is 5.94. The lowest BCUT2D eigenvalue weighted by Crippen LogP contribution is -2.32. The second-order valence-corrected chi connectivity index (χ2v) is 5.13. The van der Waals surface area contributed by atoms with Crippen LogP contribution in [-0.2, 0) is 6.61 Å². The van der Waals surface area contributed by atoms with Crippen LogP contribution in [0, 0.1) is 0 Å². The molecule has 0 radical (unpaired) electrons. The molecule has 0 unspecified atom stereocenters. The number of hydrogen-bond donors (Lipinski definition) is 1. The van der Waals surface area contributed by atoms with Gasteiger partial charge in [0, 0.05) is 25.7 Å². The Balaban J connectivity index is 1.98. The van der Waals surface area contributed by atoms with E-state index in [1.165, 1.54) is 0 Å². The second kappa shape index (κ2) is 8.20. The zero-order valence-electron chi connectivity index (χ0n) is 13.1. The van der Waals surface area contributed by atoms with Crippen molar-refractivity contribution in [2.45, 2.75) is 6.61 Å². The SMILES string of the molecule is CNCCN(C)C(=O)c1cccc(OCc2ccccc2)c1. The van der Waals surface area contributed by atoms with Crippen LogP contribution in [0.25, 0.3) is 0 Å². The van der Waals surface area contributed by atoms with Crippen molar-refractivity contribution in [2.24, 2.45) is 0 Å². The zero-order chi connectivity index (χ0) is 15.8. The minimum absolute atomic E-state index is 0.000381. The van der Waals surface area contributed by atoms with Crippen molar-refractivity contribution in [3.05, 3.63) is 65.7 Å². The number of carbonyl (C=O) groups is 1. The fraction of sp³-hybridized carbons (Fsp3) is 0.278. The van der Waals surface area contributed by atoms with Gasteiger partial charge in [0.15, 0.2) is 0 Å². The molecule has 0 fully saturated rings. The summed E-state index contributed by atoms with van der Waals surface area (Å²) >= 11 is 0. The topological polar surface area (TPSA) is 41.6 Å². The van der Waals surface area contributed by atoms with E-state index >= 15 is 0 Å². The zero-order valence-corrected chi connectivity index (χ0v) is 13.1. The molecule has 4 heteroatoms. The standard InChI is InChI=1S/C18H22N2O2/c1-19-11-12-20(2)18(21)16-9-6-10-17(13-16)22-14-15-7-4-3-5-8-15/h3-10,13,19H,11-12,14H2,1-2H3. The first-order valence-electron chi connectivity index (χ1n) is 7.37. The molecule has 22 heavy (non-hydrogen) atoms. The maximum Gasteiger partial charge on any atom is 0.253 e. The van der Waals surface area contributed by atoms with Crippen LogP contribution < -0.4 is 10.1 Å². The van der Waals surface area contributed by atoms with Gasteiger partial charge in [0.25, 0.3) is 5.91 Å². The van der Waals surface area contributed by atoms with Crippen molar-refractivity contribution in [1.29, 1.82) is 0 Å². The minimum Gasteiger partial charge on any atom is -0.489 e. The van der Waals surface area contributed by atoms with Crippen LogP contribution in [0.15, 0.2) is 54.6 Å². The Labute approximate surface area is 131 Å². The molecule has 2 aromatic rings. The molecule has 1 amide bonds. The molecule has 2 rings (SSSR count). The van der Waals surface area contributed by atoms with Gasteiger partial charge in [-0.2, -0.15) is 0 Å². The van der Waals surface area contributed by atoms with E-state index in [1.807, 2.05) is 55.6 Å². The number of benzene rings is 2. The Morgan fingerprint density at radius 3 is 2.64 bits per heavy atom. The Hall–Kier alpha value is -2.33. The molecule has 0 aliphatic heterocycles. The summed E-state index contributed by atoms with van der Waals surface area (Å²) in [5, 5.41) is 3.04. The van der Waals surface area contributed by atoms with Crippen LogP contribution in [-0.4, -0.2) is 38.0 Å². The lowest BCUT2D eigenvalue weighted by atomic mass is 10.2. The lowest BCUT2D eigenvalue weighted by Gasteiger charge is -2.17. The number of rotatable bonds is 7. The first kappa shape index (κ1) is 16.0. The van der Waals surface area contributed by atoms with E-state index in [-0.39, 0.29) is 5.91 Å². The van der Waals surface area contributed by atoms with Gasteiger partial charge in [-0.05, 0) is 30.8 Å². The number of nitrogens with one attached hydrogen (secondary N) is 1. The number of ether oxygens (including phenoxy) is 1. The number of carbonyl (C=O) groups excluding carboxylic acids is 1. The van der Waals surface area contributed by atoms with Crippen molar-refractivity contribution in [2.75, 3.05) is 27.2 Å². The number of likely N-dealkylation sites (N-methyl/N-ethyl adjacent to an activating group) is 2. The fourth-order valence-corrected chi connectivity index (χ4v) is 2.06. The highest BCUT2D eigenvalue weighted by Crippen LogP contribution is 2.16. The summed E-state index contributed by atoms with van der Waals surface area (Å²) in [4.78, 5) is 14.0. The van der Waals surface area contributed by atoms with Crippen molar-refractivity contribution in [3.63, 3.8) is 0 Å². The molecular weight excluding hydrogens is 276 g/mol. The second-order valence-electron chi connectivity index (χ2n) is 5.13. The highest BCUT2D eigenvalue weighted by Gasteiger charge is 2.11. The van der Waals surface area contributed by atoms with E-state index in [1.54, 1.807) is 18.0 Å². The predicted molar refractivity (Wildman–Crippen MR) is 88.1 cm³/mol. The number of amides is 1. The van der Waals surface area contributed by atoms with Gasteiger partial charge in [-0.15, -0.1) is 0 Å². The summed E-state index contributed by atoms with van der Waals surface area (Å²) in [6, 6.07) is 17.3. The van der Waals surface area contributed by atoms with Gasteiger partial charge in [0.05, 0.1) is 0 Å². The van der Waals surface area contributed by atoms with E-state index in [4.69, 9.17) is 4.74 Å². The molecule has 2 aromatic carbocycles. The summed E-state index contributed by atoms with van der Waals surface area (Å²) in [5.74, 6) is 0.706. The molecule has 1 N–H and O–H groups in total. The largest absolute Gasteiger partial charge is 0.489 e. The smallest absolute Gasteiger partial charge is 0.253 e. The van der Waals surface area contributed by atoms with Crippen LogP contribution in [0.4, 0.5) is 0 Å². The summed E-state index contributed by atoms with van der Waals surface area (Å²) in [6.07, 6.45) is 0. The quantitative estimate of drug-likeness (QED) is 0.854. The molecule has 4 nitrogen and oxygen atoms in total. The molecule has 0 saturated heterocycles. The molecule has 0 aliphatic rings. The van der Waals surface area contributed by atoms with E-state index in [0.717, 1.165) is 12.1 Å². The summed E-state index contributed by atoms with van der Waals surface area (Å²) < 4.78 is 5.76. The average molecular weight is 298 g/mol. The van der Waals surface area contributed by atoms with Gasteiger partial charge in [0.1, 0.15) is 12.4 Å². The first-order valence-corrected chi connectivity index (χ1v) is 7.37. The third-order valence-corrected chi connectivity index (χ3v) is 3.37. The third-order valence-electron chi connectivity index (χ3n) is 3.37. The fourth-order valence-electron chi connectivity index (χ4n) is 2.06. The number of hydrogen-bond acceptors (Lipinski definition) is 3. The van der Waals surface area contributed by atoms with Gasteiger partial charge in [0.2, 0.25) is 0 Å². The van der Waals surface area contributed by atoms with Crippen molar-refractivity contribution in [3.8, 4) is 5.75 Å². The van der Waals surface area contributed by atoms with Gasteiger partial charge >= 0.3 is 0 Å². The molecule has 0 atom stereocenters. The van der Waals surface area contributed by atoms with E-state index < -0.39 is 0 Å². The van der Waals surface area contributed by atoms with Crippen molar-refractivity contribution < 1.29 is 9.53 Å². The summed E-state index contributed by atoms with van der Waals surface area (Å²) in [7, 11) is 3.67. The normalized spacial score (nSPS) is 10.3. The number of nitrogens with zero attached hydrogens (tertiary/aromatic N) is 1. The highest BCUT2D eigenvalue weighted by atomic mass is 16.5. The van der Waals surface area contributed by atoms with Crippen molar-refractivity contribution in [1.82, 2.24) is 10.2 Å². The maximum absolute atomic E-state index is 12.3. The molecular formula is C18H22N2O2. The summed E-state index contributed by atoms with van der Waals surface area (Å²) in [5.41, 5.74) is 1.74. The van der Waals surface area contributed by atoms with Crippen LogP contribution in [0.5, 0.6) is 5.75 Å². The maximum atomic E-state index is 12.3. The first-order chi connectivity index (χ1) is 10.7. The molecule has 116 valence electrons. The molecule has 0 saturated carbocycles. The monoisotopic (exact) mass is 298 g/mol. The van der Waals surface area contributed by atoms with E-state index in [2.05, 4.69) is 5.32 Å². The van der Waals surface area contributed by atoms with Crippen LogP contribution in [0.3, 0.4) is 0 Å². The lowest BCUT2D eigenvalue weighted by molar-refractivity contribution is 0.0796. The van der Waals surface area contributed by atoms with Gasteiger partial charge in [-0.1, -0.05) is 36.4 Å². The molecule has 0 spiro atoms. The Morgan fingerprint density at radius 1 is 1.14 bits per heavy atom. The Bertz CT molecular complexity index is 599. The van der Waals surface area contributed by atoms with Gasteiger partial charge < -0.3 is 15.0 Å². The Kier molecular flexibility index (Phi) is 5.98. The molecule has 0 heterocycles. The molecule has 0 bridgehead atoms. The molecule has 0 aliphatic carbocycles. The summed E-state index contributed by atoms with van der Waals surface area (Å²) in [6.45, 7) is 1.94. The minimum atomic E-state index is 0.000381. The van der Waals surface area contributed by atoms with E-state index in [0.29, 0.717) is 24.5 Å². The van der Waals surface area contributed by atoms with Crippen LogP contribution >= 0.6 is 0 Å². The van der Waals surface area contributed by atoms with Gasteiger partial charge in [-0.3, -0.25) is 4.79 Å². The van der Waals surface area contributed by atoms with Gasteiger partial charge in [-0.25, -0.2) is 0 Å². The average Bonchev–Trinajstić information content (AvgIpc) is 2.58. The van der Waals surface area contributed by atoms with Crippen molar-refractivity contribution >= 4 is 5.91 Å². The third kappa shape index (κ3) is 4.60. The van der Waals surface area contributed by atoms with Crippen LogP contribution in [0.2, 0.25) is 0 Å². The van der Waals surface area contributed by atoms with Crippen LogP contribution in [0.1, 0.15) is 15.9 Å².